The average Bonchev–Trinajstić information content (AvgIpc) is 3.19. The van der Waals surface area contributed by atoms with Crippen molar-refractivity contribution in [3.63, 3.8) is 0 Å². The fourth-order valence-corrected chi connectivity index (χ4v) is 3.54. The topological polar surface area (TPSA) is 54.2 Å². The number of aliphatic imine (C=N–C) groups is 1. The second kappa shape index (κ2) is 9.47. The van der Waals surface area contributed by atoms with Crippen molar-refractivity contribution < 1.29 is 0 Å². The molecule has 0 aromatic carbocycles. The summed E-state index contributed by atoms with van der Waals surface area (Å²) >= 11 is 1.80. The van der Waals surface area contributed by atoms with Crippen molar-refractivity contribution in [3.8, 4) is 0 Å². The van der Waals surface area contributed by atoms with Crippen molar-refractivity contribution in [2.24, 2.45) is 12.0 Å². The molecule has 2 rings (SSSR count). The Kier molecular flexibility index (Phi) is 7.31. The van der Waals surface area contributed by atoms with Gasteiger partial charge in [0, 0.05) is 36.3 Å². The Balaban J connectivity index is 2.02. The van der Waals surface area contributed by atoms with Crippen LogP contribution in [-0.2, 0) is 32.9 Å². The molecule has 24 heavy (non-hydrogen) atoms. The molecular weight excluding hydrogens is 318 g/mol. The molecule has 0 bridgehead atoms. The highest BCUT2D eigenvalue weighted by Crippen LogP contribution is 2.16. The van der Waals surface area contributed by atoms with Crippen LogP contribution in [0.1, 0.15) is 42.6 Å². The maximum atomic E-state index is 4.78. The number of aromatic nitrogens is 2. The van der Waals surface area contributed by atoms with Gasteiger partial charge in [-0.2, -0.15) is 5.10 Å². The lowest BCUT2D eigenvalue weighted by Gasteiger charge is -2.11. The summed E-state index contributed by atoms with van der Waals surface area (Å²) in [6.07, 6.45) is 2.95. The quantitative estimate of drug-likeness (QED) is 0.570. The monoisotopic (exact) mass is 347 g/mol. The van der Waals surface area contributed by atoms with E-state index < -0.39 is 0 Å². The van der Waals surface area contributed by atoms with Crippen LogP contribution in [0.2, 0.25) is 0 Å². The molecule has 132 valence electrons. The first kappa shape index (κ1) is 18.5. The van der Waals surface area contributed by atoms with Gasteiger partial charge in [-0.15, -0.1) is 11.3 Å². The number of hydrogen-bond acceptors (Lipinski definition) is 3. The van der Waals surface area contributed by atoms with Gasteiger partial charge < -0.3 is 10.6 Å². The Morgan fingerprint density at radius 1 is 1.25 bits per heavy atom. The molecule has 0 amide bonds. The SMILES string of the molecule is CCNC(=NCc1c(CC)nn(C)c1CC)NCCc1cccs1. The van der Waals surface area contributed by atoms with E-state index in [1.807, 2.05) is 11.7 Å². The van der Waals surface area contributed by atoms with Crippen molar-refractivity contribution in [3.05, 3.63) is 39.3 Å². The second-order valence-corrected chi connectivity index (χ2v) is 6.69. The average molecular weight is 348 g/mol. The zero-order valence-electron chi connectivity index (χ0n) is 15.2. The second-order valence-electron chi connectivity index (χ2n) is 5.65. The van der Waals surface area contributed by atoms with Crippen LogP contribution in [0.4, 0.5) is 0 Å². The zero-order valence-corrected chi connectivity index (χ0v) is 16.0. The van der Waals surface area contributed by atoms with Crippen LogP contribution in [0.5, 0.6) is 0 Å². The predicted octanol–water partition coefficient (Wildman–Crippen LogP) is 2.90. The standard InChI is InChI=1S/C18H29N5S/c1-5-16-15(17(6-2)23(4)22-16)13-21-18(19-7-3)20-11-10-14-9-8-12-24-14/h8-9,12H,5-7,10-11,13H2,1-4H3,(H2,19,20,21). The first-order valence-electron chi connectivity index (χ1n) is 8.77. The van der Waals surface area contributed by atoms with E-state index in [2.05, 4.69) is 54.0 Å². The van der Waals surface area contributed by atoms with Crippen LogP contribution in [-0.4, -0.2) is 28.8 Å². The molecule has 0 aliphatic heterocycles. The van der Waals surface area contributed by atoms with Crippen LogP contribution < -0.4 is 10.6 Å². The van der Waals surface area contributed by atoms with E-state index in [1.165, 1.54) is 16.1 Å². The Bertz CT molecular complexity index is 643. The number of nitrogens with one attached hydrogen (secondary N) is 2. The van der Waals surface area contributed by atoms with E-state index in [-0.39, 0.29) is 0 Å². The van der Waals surface area contributed by atoms with Gasteiger partial charge in [-0.25, -0.2) is 4.99 Å². The highest BCUT2D eigenvalue weighted by atomic mass is 32.1. The lowest BCUT2D eigenvalue weighted by Crippen LogP contribution is -2.38. The number of aryl methyl sites for hydroxylation is 2. The first-order valence-corrected chi connectivity index (χ1v) is 9.65. The summed E-state index contributed by atoms with van der Waals surface area (Å²) in [5.41, 5.74) is 3.72. The van der Waals surface area contributed by atoms with E-state index in [4.69, 9.17) is 4.99 Å². The van der Waals surface area contributed by atoms with Gasteiger partial charge in [0.15, 0.2) is 5.96 Å². The normalized spacial score (nSPS) is 11.8. The minimum atomic E-state index is 0.675. The maximum Gasteiger partial charge on any atom is 0.191 e. The molecule has 0 saturated heterocycles. The van der Waals surface area contributed by atoms with Crippen LogP contribution in [0.15, 0.2) is 22.5 Å². The van der Waals surface area contributed by atoms with Crippen LogP contribution >= 0.6 is 11.3 Å². The van der Waals surface area contributed by atoms with Gasteiger partial charge in [0.2, 0.25) is 0 Å². The highest BCUT2D eigenvalue weighted by Gasteiger charge is 2.13. The minimum absolute atomic E-state index is 0.675. The molecule has 2 heterocycles. The summed E-state index contributed by atoms with van der Waals surface area (Å²) in [6, 6.07) is 4.27. The van der Waals surface area contributed by atoms with Gasteiger partial charge in [0.05, 0.1) is 12.2 Å². The maximum absolute atomic E-state index is 4.78. The van der Waals surface area contributed by atoms with E-state index in [0.717, 1.165) is 44.0 Å². The lowest BCUT2D eigenvalue weighted by molar-refractivity contribution is 0.703. The van der Waals surface area contributed by atoms with Gasteiger partial charge in [-0.3, -0.25) is 4.68 Å². The highest BCUT2D eigenvalue weighted by molar-refractivity contribution is 7.09. The molecular formula is C18H29N5S. The Labute approximate surface area is 149 Å². The summed E-state index contributed by atoms with van der Waals surface area (Å²) in [7, 11) is 2.02. The molecule has 0 saturated carbocycles. The van der Waals surface area contributed by atoms with Crippen molar-refractivity contribution >= 4 is 17.3 Å². The molecule has 0 atom stereocenters. The van der Waals surface area contributed by atoms with Gasteiger partial charge in [0.25, 0.3) is 0 Å². The zero-order chi connectivity index (χ0) is 17.4. The third-order valence-corrected chi connectivity index (χ3v) is 4.95. The number of thiophene rings is 1. The van der Waals surface area contributed by atoms with Gasteiger partial charge in [-0.1, -0.05) is 19.9 Å². The molecule has 0 spiro atoms. The third-order valence-electron chi connectivity index (χ3n) is 4.01. The largest absolute Gasteiger partial charge is 0.357 e. The lowest BCUT2D eigenvalue weighted by atomic mass is 10.1. The predicted molar refractivity (Wildman–Crippen MR) is 103 cm³/mol. The van der Waals surface area contributed by atoms with Crippen molar-refractivity contribution in [2.75, 3.05) is 13.1 Å². The fraction of sp³-hybridized carbons (Fsp3) is 0.556. The van der Waals surface area contributed by atoms with Gasteiger partial charge in [-0.05, 0) is 37.6 Å². The molecule has 2 aromatic heterocycles. The fourth-order valence-electron chi connectivity index (χ4n) is 2.83. The van der Waals surface area contributed by atoms with Crippen molar-refractivity contribution in [1.82, 2.24) is 20.4 Å². The van der Waals surface area contributed by atoms with E-state index >= 15 is 0 Å². The molecule has 0 fully saturated rings. The molecule has 0 radical (unpaired) electrons. The summed E-state index contributed by atoms with van der Waals surface area (Å²) in [5, 5.41) is 13.5. The summed E-state index contributed by atoms with van der Waals surface area (Å²) < 4.78 is 2.00. The number of guanidine groups is 1. The minimum Gasteiger partial charge on any atom is -0.357 e. The molecule has 6 heteroatoms. The van der Waals surface area contributed by atoms with E-state index in [9.17, 15) is 0 Å². The molecule has 2 aromatic rings. The van der Waals surface area contributed by atoms with Gasteiger partial charge in [0.1, 0.15) is 0 Å². The Morgan fingerprint density at radius 3 is 2.71 bits per heavy atom. The Morgan fingerprint density at radius 2 is 2.08 bits per heavy atom. The van der Waals surface area contributed by atoms with E-state index in [0.29, 0.717) is 6.54 Å². The molecule has 0 aliphatic rings. The number of rotatable bonds is 8. The van der Waals surface area contributed by atoms with Crippen LogP contribution in [0.3, 0.4) is 0 Å². The van der Waals surface area contributed by atoms with Crippen LogP contribution in [0.25, 0.3) is 0 Å². The Hall–Kier alpha value is -1.82. The van der Waals surface area contributed by atoms with Gasteiger partial charge >= 0.3 is 0 Å². The summed E-state index contributed by atoms with van der Waals surface area (Å²) in [6.45, 7) is 8.84. The number of nitrogens with zero attached hydrogens (tertiary/aromatic N) is 3. The van der Waals surface area contributed by atoms with Crippen molar-refractivity contribution in [1.29, 1.82) is 0 Å². The molecule has 2 N–H and O–H groups in total. The van der Waals surface area contributed by atoms with Crippen molar-refractivity contribution in [2.45, 2.75) is 46.6 Å². The smallest absolute Gasteiger partial charge is 0.191 e. The number of hydrogen-bond donors (Lipinski definition) is 2. The summed E-state index contributed by atoms with van der Waals surface area (Å²) in [5.74, 6) is 0.877. The first-order chi connectivity index (χ1) is 11.7. The molecule has 5 nitrogen and oxygen atoms in total. The molecule has 0 aliphatic carbocycles. The molecule has 0 unspecified atom stereocenters. The third kappa shape index (κ3) is 4.84. The van der Waals surface area contributed by atoms with Crippen LogP contribution in [0, 0.1) is 0 Å². The van der Waals surface area contributed by atoms with E-state index in [1.54, 1.807) is 11.3 Å². The summed E-state index contributed by atoms with van der Waals surface area (Å²) in [4.78, 5) is 6.17.